The van der Waals surface area contributed by atoms with Gasteiger partial charge in [-0.3, -0.25) is 4.79 Å². The molecule has 0 saturated carbocycles. The minimum absolute atomic E-state index is 0.255. The molecular weight excluding hydrogens is 380 g/mol. The minimum Gasteiger partial charge on any atom is -0.459 e. The van der Waals surface area contributed by atoms with Crippen LogP contribution in [-0.2, 0) is 11.3 Å². The van der Waals surface area contributed by atoms with Crippen LogP contribution in [-0.4, -0.2) is 57.7 Å². The standard InChI is InChI=1S/C18H24N6O3S/c1-12(2)28-18-22-15(19-7-10-26-3)13-11-21-24(16(13)23-18)8-6-20-17(25)14-5-4-9-27-14/h4-5,9,11-12H,6-8,10H2,1-3H3,(H,20,25)(H,19,22,23). The molecule has 0 aliphatic heterocycles. The summed E-state index contributed by atoms with van der Waals surface area (Å²) in [5.41, 5.74) is 0.727. The van der Waals surface area contributed by atoms with Gasteiger partial charge in [0.15, 0.2) is 16.6 Å². The molecule has 1 amide bonds. The molecule has 0 aliphatic carbocycles. The van der Waals surface area contributed by atoms with Gasteiger partial charge < -0.3 is 19.8 Å². The lowest BCUT2D eigenvalue weighted by molar-refractivity contribution is 0.0924. The maximum Gasteiger partial charge on any atom is 0.287 e. The Morgan fingerprint density at radius 1 is 1.36 bits per heavy atom. The molecule has 0 unspecified atom stereocenters. The molecule has 3 aromatic heterocycles. The molecule has 0 atom stereocenters. The maximum atomic E-state index is 12.0. The lowest BCUT2D eigenvalue weighted by Crippen LogP contribution is -2.27. The average Bonchev–Trinajstić information content (AvgIpc) is 3.32. The van der Waals surface area contributed by atoms with E-state index < -0.39 is 0 Å². The molecule has 150 valence electrons. The van der Waals surface area contributed by atoms with Crippen molar-refractivity contribution in [2.24, 2.45) is 0 Å². The molecule has 0 fully saturated rings. The Labute approximate surface area is 167 Å². The quantitative estimate of drug-likeness (QED) is 0.301. The van der Waals surface area contributed by atoms with Crippen LogP contribution < -0.4 is 10.6 Å². The third-order valence-corrected chi connectivity index (χ3v) is 4.63. The molecule has 2 N–H and O–H groups in total. The predicted octanol–water partition coefficient (Wildman–Crippen LogP) is 2.41. The van der Waals surface area contributed by atoms with Crippen LogP contribution in [0.1, 0.15) is 24.4 Å². The number of fused-ring (bicyclic) bond motifs is 1. The highest BCUT2D eigenvalue weighted by Crippen LogP contribution is 2.26. The fourth-order valence-electron chi connectivity index (χ4n) is 2.54. The van der Waals surface area contributed by atoms with E-state index >= 15 is 0 Å². The Hall–Kier alpha value is -2.59. The molecule has 10 heteroatoms. The number of furan rings is 1. The first-order valence-electron chi connectivity index (χ1n) is 9.03. The van der Waals surface area contributed by atoms with Crippen molar-refractivity contribution in [1.82, 2.24) is 25.1 Å². The first-order chi connectivity index (χ1) is 13.6. The largest absolute Gasteiger partial charge is 0.459 e. The molecule has 3 rings (SSSR count). The summed E-state index contributed by atoms with van der Waals surface area (Å²) in [6.45, 7) is 6.29. The first kappa shape index (κ1) is 20.2. The van der Waals surface area contributed by atoms with Crippen LogP contribution in [0.5, 0.6) is 0 Å². The van der Waals surface area contributed by atoms with Crippen molar-refractivity contribution in [2.45, 2.75) is 30.8 Å². The van der Waals surface area contributed by atoms with Crippen LogP contribution in [0.15, 0.2) is 34.2 Å². The van der Waals surface area contributed by atoms with Gasteiger partial charge in [-0.2, -0.15) is 5.10 Å². The average molecular weight is 404 g/mol. The maximum absolute atomic E-state index is 12.0. The van der Waals surface area contributed by atoms with Crippen LogP contribution in [0, 0.1) is 0 Å². The third-order valence-electron chi connectivity index (χ3n) is 3.77. The van der Waals surface area contributed by atoms with Gasteiger partial charge in [-0.15, -0.1) is 0 Å². The topological polar surface area (TPSA) is 107 Å². The lowest BCUT2D eigenvalue weighted by Gasteiger charge is -2.10. The van der Waals surface area contributed by atoms with Crippen molar-refractivity contribution in [1.29, 1.82) is 0 Å². The number of ether oxygens (including phenoxy) is 1. The molecule has 9 nitrogen and oxygen atoms in total. The Morgan fingerprint density at radius 2 is 2.21 bits per heavy atom. The summed E-state index contributed by atoms with van der Waals surface area (Å²) in [5.74, 6) is 0.762. The van der Waals surface area contributed by atoms with Crippen LogP contribution in [0.4, 0.5) is 5.82 Å². The third kappa shape index (κ3) is 5.02. The summed E-state index contributed by atoms with van der Waals surface area (Å²) in [5, 5.41) is 12.4. The molecule has 0 spiro atoms. The molecule has 3 aromatic rings. The number of nitrogens with zero attached hydrogens (tertiary/aromatic N) is 4. The molecule has 0 radical (unpaired) electrons. The Kier molecular flexibility index (Phi) is 6.88. The predicted molar refractivity (Wildman–Crippen MR) is 108 cm³/mol. The van der Waals surface area contributed by atoms with E-state index in [9.17, 15) is 4.79 Å². The van der Waals surface area contributed by atoms with Crippen molar-refractivity contribution in [3.8, 4) is 0 Å². The van der Waals surface area contributed by atoms with E-state index in [1.165, 1.54) is 6.26 Å². The summed E-state index contributed by atoms with van der Waals surface area (Å²) >= 11 is 1.59. The van der Waals surface area contributed by atoms with Gasteiger partial charge in [-0.05, 0) is 12.1 Å². The summed E-state index contributed by atoms with van der Waals surface area (Å²) in [6.07, 6.45) is 3.21. The molecule has 3 heterocycles. The van der Waals surface area contributed by atoms with Crippen molar-refractivity contribution in [3.05, 3.63) is 30.4 Å². The van der Waals surface area contributed by atoms with Crippen molar-refractivity contribution in [3.63, 3.8) is 0 Å². The van der Waals surface area contributed by atoms with Crippen molar-refractivity contribution < 1.29 is 13.9 Å². The number of hydrogen-bond acceptors (Lipinski definition) is 8. The zero-order chi connectivity index (χ0) is 19.9. The number of carbonyl (C=O) groups excluding carboxylic acids is 1. The second kappa shape index (κ2) is 9.56. The van der Waals surface area contributed by atoms with Gasteiger partial charge in [0.25, 0.3) is 5.91 Å². The minimum atomic E-state index is -0.255. The van der Waals surface area contributed by atoms with Gasteiger partial charge in [0, 0.05) is 25.4 Å². The van der Waals surface area contributed by atoms with E-state index in [-0.39, 0.29) is 11.7 Å². The van der Waals surface area contributed by atoms with Gasteiger partial charge in [-0.25, -0.2) is 14.6 Å². The van der Waals surface area contributed by atoms with Gasteiger partial charge >= 0.3 is 0 Å². The highest BCUT2D eigenvalue weighted by atomic mass is 32.2. The fraction of sp³-hybridized carbons (Fsp3) is 0.444. The normalized spacial score (nSPS) is 11.3. The van der Waals surface area contributed by atoms with Gasteiger partial charge in [0.2, 0.25) is 0 Å². The number of anilines is 1. The Bertz CT molecular complexity index is 910. The van der Waals surface area contributed by atoms with Crippen LogP contribution >= 0.6 is 11.8 Å². The van der Waals surface area contributed by atoms with Crippen LogP contribution in [0.25, 0.3) is 11.0 Å². The number of hydrogen-bond donors (Lipinski definition) is 2. The molecule has 28 heavy (non-hydrogen) atoms. The Balaban J connectivity index is 1.76. The number of thioether (sulfide) groups is 1. The monoisotopic (exact) mass is 404 g/mol. The number of methoxy groups -OCH3 is 1. The fourth-order valence-corrected chi connectivity index (χ4v) is 3.24. The van der Waals surface area contributed by atoms with Gasteiger partial charge in [0.1, 0.15) is 5.82 Å². The molecule has 0 bridgehead atoms. The smallest absolute Gasteiger partial charge is 0.287 e. The molecule has 0 saturated heterocycles. The number of carbonyl (C=O) groups is 1. The van der Waals surface area contributed by atoms with E-state index in [1.54, 1.807) is 41.9 Å². The van der Waals surface area contributed by atoms with E-state index in [0.717, 1.165) is 16.9 Å². The molecule has 0 aliphatic rings. The molecule has 0 aromatic carbocycles. The summed E-state index contributed by atoms with van der Waals surface area (Å²) in [6, 6.07) is 3.30. The van der Waals surface area contributed by atoms with E-state index in [0.29, 0.717) is 36.6 Å². The number of nitrogens with one attached hydrogen (secondary N) is 2. The first-order valence-corrected chi connectivity index (χ1v) is 9.91. The zero-order valence-electron chi connectivity index (χ0n) is 16.1. The van der Waals surface area contributed by atoms with Gasteiger partial charge in [-0.1, -0.05) is 25.6 Å². The van der Waals surface area contributed by atoms with Crippen LogP contribution in [0.2, 0.25) is 0 Å². The highest BCUT2D eigenvalue weighted by Gasteiger charge is 2.15. The van der Waals surface area contributed by atoms with Crippen molar-refractivity contribution in [2.75, 3.05) is 32.1 Å². The summed E-state index contributed by atoms with van der Waals surface area (Å²) < 4.78 is 12.0. The number of rotatable bonds is 10. The second-order valence-electron chi connectivity index (χ2n) is 6.28. The van der Waals surface area contributed by atoms with Crippen molar-refractivity contribution >= 4 is 34.5 Å². The number of aromatic nitrogens is 4. The van der Waals surface area contributed by atoms with E-state index in [4.69, 9.17) is 9.15 Å². The number of amides is 1. The Morgan fingerprint density at radius 3 is 2.93 bits per heavy atom. The summed E-state index contributed by atoms with van der Waals surface area (Å²) in [7, 11) is 1.66. The van der Waals surface area contributed by atoms with Crippen LogP contribution in [0.3, 0.4) is 0 Å². The van der Waals surface area contributed by atoms with E-state index in [1.807, 2.05) is 0 Å². The SMILES string of the molecule is COCCNc1nc(SC(C)C)nc2c1cnn2CCNC(=O)c1ccco1. The highest BCUT2D eigenvalue weighted by molar-refractivity contribution is 7.99. The summed E-state index contributed by atoms with van der Waals surface area (Å²) in [4.78, 5) is 21.3. The van der Waals surface area contributed by atoms with Gasteiger partial charge in [0.05, 0.1) is 31.0 Å². The lowest BCUT2D eigenvalue weighted by atomic mass is 10.4. The molecular formula is C18H24N6O3S. The zero-order valence-corrected chi connectivity index (χ0v) is 17.0. The second-order valence-corrected chi connectivity index (χ2v) is 7.82. The van der Waals surface area contributed by atoms with E-state index in [2.05, 4.69) is 39.5 Å².